The van der Waals surface area contributed by atoms with Crippen LogP contribution in [0.1, 0.15) is 32.1 Å². The van der Waals surface area contributed by atoms with Crippen molar-refractivity contribution in [3.63, 3.8) is 0 Å². The number of hydrogen-bond acceptors (Lipinski definition) is 2. The fourth-order valence-electron chi connectivity index (χ4n) is 2.09. The Balaban J connectivity index is 2.94. The average molecular weight is 275 g/mol. The van der Waals surface area contributed by atoms with E-state index in [1.165, 1.54) is 0 Å². The summed E-state index contributed by atoms with van der Waals surface area (Å²) in [6.07, 6.45) is 4.23. The van der Waals surface area contributed by atoms with Crippen LogP contribution < -0.4 is 5.73 Å². The highest BCUT2D eigenvalue weighted by Gasteiger charge is 2.57. The van der Waals surface area contributed by atoms with Gasteiger partial charge in [-0.1, -0.05) is 54.1 Å². The number of primary amides is 1. The van der Waals surface area contributed by atoms with Gasteiger partial charge >= 0.3 is 0 Å². The van der Waals surface area contributed by atoms with Crippen LogP contribution in [0.15, 0.2) is 0 Å². The van der Waals surface area contributed by atoms with Crippen molar-refractivity contribution >= 4 is 40.7 Å². The molecule has 0 aromatic rings. The topological polar surface area (TPSA) is 63.3 Å². The molecular weight excluding hydrogens is 260 g/mol. The molecule has 1 fully saturated rings. The lowest BCUT2D eigenvalue weighted by Crippen LogP contribution is -2.59. The molecule has 1 aliphatic rings. The van der Waals surface area contributed by atoms with E-state index < -0.39 is 15.3 Å². The summed E-state index contributed by atoms with van der Waals surface area (Å²) in [5.74, 6) is -1.33. The van der Waals surface area contributed by atoms with Crippen LogP contribution in [0.25, 0.3) is 0 Å². The van der Waals surface area contributed by atoms with Crippen molar-refractivity contribution in [2.24, 2.45) is 11.7 Å². The molecule has 3 N–H and O–H groups in total. The first-order chi connectivity index (χ1) is 6.80. The molecule has 0 heterocycles. The second-order valence-corrected chi connectivity index (χ2v) is 6.24. The zero-order chi connectivity index (χ0) is 11.7. The van der Waals surface area contributed by atoms with Gasteiger partial charge < -0.3 is 10.8 Å². The minimum absolute atomic E-state index is 0.365. The fourth-order valence-corrected chi connectivity index (χ4v) is 2.83. The normalized spacial score (nSPS) is 23.5. The molecule has 1 saturated carbocycles. The fraction of sp³-hybridized carbons (Fsp3) is 0.889. The van der Waals surface area contributed by atoms with Crippen molar-refractivity contribution in [2.45, 2.75) is 41.5 Å². The summed E-state index contributed by atoms with van der Waals surface area (Å²) in [4.78, 5) is 11.3. The van der Waals surface area contributed by atoms with Gasteiger partial charge in [-0.25, -0.2) is 0 Å². The van der Waals surface area contributed by atoms with Gasteiger partial charge in [-0.3, -0.25) is 4.79 Å². The summed E-state index contributed by atoms with van der Waals surface area (Å²) in [5, 5.41) is 10.2. The quantitative estimate of drug-likeness (QED) is 0.758. The summed E-state index contributed by atoms with van der Waals surface area (Å²) < 4.78 is -2.07. The van der Waals surface area contributed by atoms with Crippen molar-refractivity contribution in [3.8, 4) is 0 Å². The number of alkyl halides is 3. The van der Waals surface area contributed by atoms with Crippen molar-refractivity contribution in [1.29, 1.82) is 0 Å². The van der Waals surface area contributed by atoms with E-state index in [4.69, 9.17) is 40.5 Å². The van der Waals surface area contributed by atoms with Gasteiger partial charge in [0.1, 0.15) is 0 Å². The number of halogens is 3. The second kappa shape index (κ2) is 4.66. The Morgan fingerprint density at radius 2 is 1.67 bits per heavy atom. The molecule has 0 aliphatic heterocycles. The highest BCUT2D eigenvalue weighted by atomic mass is 35.6. The maximum absolute atomic E-state index is 11.3. The third kappa shape index (κ3) is 2.52. The Labute approximate surface area is 104 Å². The van der Waals surface area contributed by atoms with Gasteiger partial charge in [-0.05, 0) is 12.8 Å². The summed E-state index contributed by atoms with van der Waals surface area (Å²) >= 11 is 16.9. The van der Waals surface area contributed by atoms with Crippen molar-refractivity contribution in [3.05, 3.63) is 0 Å². The molecule has 0 bridgehead atoms. The van der Waals surface area contributed by atoms with Gasteiger partial charge in [0.15, 0.2) is 5.60 Å². The van der Waals surface area contributed by atoms with Crippen LogP contribution in [0.4, 0.5) is 0 Å². The van der Waals surface area contributed by atoms with E-state index in [0.717, 1.165) is 19.3 Å². The minimum Gasteiger partial charge on any atom is -0.376 e. The number of rotatable bonds is 2. The van der Waals surface area contributed by atoms with E-state index in [1.54, 1.807) is 0 Å². The molecule has 0 radical (unpaired) electrons. The first-order valence-electron chi connectivity index (χ1n) is 4.89. The standard InChI is InChI=1S/C9H14Cl3NO2/c10-9(11,12)8(15,7(13)14)6-4-2-1-3-5-6/h6,15H,1-5H2,(H2,13,14). The third-order valence-electron chi connectivity index (χ3n) is 3.00. The molecule has 0 saturated heterocycles. The van der Waals surface area contributed by atoms with E-state index in [1.807, 2.05) is 0 Å². The summed E-state index contributed by atoms with van der Waals surface area (Å²) in [7, 11) is 0. The van der Waals surface area contributed by atoms with Crippen LogP contribution in [0.3, 0.4) is 0 Å². The van der Waals surface area contributed by atoms with Crippen molar-refractivity contribution in [2.75, 3.05) is 0 Å². The number of aliphatic hydroxyl groups is 1. The lowest BCUT2D eigenvalue weighted by Gasteiger charge is -2.40. The summed E-state index contributed by atoms with van der Waals surface area (Å²) in [6.45, 7) is 0. The predicted molar refractivity (Wildman–Crippen MR) is 61.0 cm³/mol. The number of amides is 1. The Kier molecular flexibility index (Phi) is 4.15. The summed E-state index contributed by atoms with van der Waals surface area (Å²) in [6, 6.07) is 0. The van der Waals surface area contributed by atoms with Crippen molar-refractivity contribution in [1.82, 2.24) is 0 Å². The molecule has 88 valence electrons. The zero-order valence-corrected chi connectivity index (χ0v) is 10.4. The molecule has 1 atom stereocenters. The zero-order valence-electron chi connectivity index (χ0n) is 8.18. The van der Waals surface area contributed by atoms with Crippen LogP contribution in [-0.2, 0) is 4.79 Å². The maximum atomic E-state index is 11.3. The van der Waals surface area contributed by atoms with Crippen LogP contribution in [0.5, 0.6) is 0 Å². The Bertz CT molecular complexity index is 248. The molecule has 0 aromatic heterocycles. The maximum Gasteiger partial charge on any atom is 0.254 e. The Morgan fingerprint density at radius 3 is 2.00 bits per heavy atom. The first kappa shape index (κ1) is 13.4. The number of carbonyl (C=O) groups excluding carboxylic acids is 1. The van der Waals surface area contributed by atoms with Gasteiger partial charge in [0.25, 0.3) is 5.91 Å². The lowest BCUT2D eigenvalue weighted by molar-refractivity contribution is -0.143. The first-order valence-corrected chi connectivity index (χ1v) is 6.02. The van der Waals surface area contributed by atoms with Gasteiger partial charge in [0.2, 0.25) is 3.79 Å². The molecule has 1 rings (SSSR count). The average Bonchev–Trinajstić information content (AvgIpc) is 2.16. The molecular formula is C9H14Cl3NO2. The van der Waals surface area contributed by atoms with Crippen LogP contribution in [0.2, 0.25) is 0 Å². The molecule has 1 amide bonds. The number of nitrogens with two attached hydrogens (primary N) is 1. The van der Waals surface area contributed by atoms with Gasteiger partial charge in [0, 0.05) is 5.92 Å². The SMILES string of the molecule is NC(=O)C(O)(C1CCCCC1)C(Cl)(Cl)Cl. The number of carbonyl (C=O) groups is 1. The highest BCUT2D eigenvalue weighted by molar-refractivity contribution is 6.69. The molecule has 3 nitrogen and oxygen atoms in total. The van der Waals surface area contributed by atoms with E-state index in [9.17, 15) is 9.90 Å². The molecule has 0 aromatic carbocycles. The molecule has 0 spiro atoms. The van der Waals surface area contributed by atoms with Gasteiger partial charge in [-0.15, -0.1) is 0 Å². The van der Waals surface area contributed by atoms with Crippen LogP contribution in [-0.4, -0.2) is 20.4 Å². The Hall–Kier alpha value is 0.300. The van der Waals surface area contributed by atoms with Crippen LogP contribution in [0, 0.1) is 5.92 Å². The number of hydrogen-bond donors (Lipinski definition) is 2. The van der Waals surface area contributed by atoms with E-state index in [2.05, 4.69) is 0 Å². The second-order valence-electron chi connectivity index (χ2n) is 3.96. The Morgan fingerprint density at radius 1 is 1.20 bits per heavy atom. The molecule has 6 heteroatoms. The highest BCUT2D eigenvalue weighted by Crippen LogP contribution is 2.47. The van der Waals surface area contributed by atoms with Gasteiger partial charge in [0.05, 0.1) is 0 Å². The van der Waals surface area contributed by atoms with Crippen molar-refractivity contribution < 1.29 is 9.90 Å². The molecule has 15 heavy (non-hydrogen) atoms. The third-order valence-corrected chi connectivity index (χ3v) is 3.87. The molecule has 1 unspecified atom stereocenters. The van der Waals surface area contributed by atoms with Crippen LogP contribution >= 0.6 is 34.8 Å². The minimum atomic E-state index is -2.07. The summed E-state index contributed by atoms with van der Waals surface area (Å²) in [5.41, 5.74) is 3.09. The van der Waals surface area contributed by atoms with Gasteiger partial charge in [-0.2, -0.15) is 0 Å². The molecule has 1 aliphatic carbocycles. The lowest BCUT2D eigenvalue weighted by atomic mass is 9.77. The largest absolute Gasteiger partial charge is 0.376 e. The van der Waals surface area contributed by atoms with E-state index >= 15 is 0 Å². The van der Waals surface area contributed by atoms with E-state index in [0.29, 0.717) is 12.8 Å². The predicted octanol–water partition coefficient (Wildman–Crippen LogP) is 2.15. The van der Waals surface area contributed by atoms with E-state index in [-0.39, 0.29) is 5.92 Å². The smallest absolute Gasteiger partial charge is 0.254 e. The monoisotopic (exact) mass is 273 g/mol.